The van der Waals surface area contributed by atoms with E-state index in [1.54, 1.807) is 36.7 Å². The topological polar surface area (TPSA) is 107 Å². The molecular formula is C24H20FN3O5S. The molecule has 0 fully saturated rings. The Bertz CT molecular complexity index is 1340. The van der Waals surface area contributed by atoms with E-state index in [9.17, 15) is 24.4 Å². The molecule has 0 saturated heterocycles. The molecule has 4 rings (SSSR count). The lowest BCUT2D eigenvalue weighted by Gasteiger charge is -2.19. The second-order valence-corrected chi connectivity index (χ2v) is 8.36. The van der Waals surface area contributed by atoms with E-state index in [-0.39, 0.29) is 28.6 Å². The number of benzene rings is 2. The number of aromatic nitrogens is 2. The van der Waals surface area contributed by atoms with Crippen LogP contribution in [0.1, 0.15) is 18.0 Å². The summed E-state index contributed by atoms with van der Waals surface area (Å²) in [6.07, 6.45) is 4.59. The molecule has 0 bridgehead atoms. The lowest BCUT2D eigenvalue weighted by atomic mass is 10.0. The molecule has 1 N–H and O–H groups in total. The fraction of sp³-hybridized carbons (Fsp3) is 0.167. The molecular weight excluding hydrogens is 461 g/mol. The monoisotopic (exact) mass is 481 g/mol. The first kappa shape index (κ1) is 23.1. The van der Waals surface area contributed by atoms with Crippen molar-refractivity contribution in [2.45, 2.75) is 18.9 Å². The molecule has 0 saturated carbocycles. The van der Waals surface area contributed by atoms with E-state index in [0.717, 1.165) is 29.0 Å². The summed E-state index contributed by atoms with van der Waals surface area (Å²) < 4.78 is 21.4. The fourth-order valence-electron chi connectivity index (χ4n) is 3.59. The van der Waals surface area contributed by atoms with Crippen LogP contribution in [0.4, 0.5) is 10.1 Å². The summed E-state index contributed by atoms with van der Waals surface area (Å²) in [5.41, 5.74) is 1.43. The molecule has 0 aliphatic carbocycles. The van der Waals surface area contributed by atoms with Crippen molar-refractivity contribution in [3.63, 3.8) is 0 Å². The van der Waals surface area contributed by atoms with Gasteiger partial charge in [-0.3, -0.25) is 24.5 Å². The van der Waals surface area contributed by atoms with E-state index in [1.807, 2.05) is 12.1 Å². The summed E-state index contributed by atoms with van der Waals surface area (Å²) in [4.78, 5) is 26.4. The minimum atomic E-state index is -0.575. The molecule has 0 radical (unpaired) electrons. The van der Waals surface area contributed by atoms with E-state index in [1.165, 1.54) is 16.0 Å². The second kappa shape index (κ2) is 10.3. The Hall–Kier alpha value is -4.05. The maximum absolute atomic E-state index is 14.2. The number of nitro groups is 1. The van der Waals surface area contributed by atoms with Gasteiger partial charge in [-0.05, 0) is 54.3 Å². The van der Waals surface area contributed by atoms with Crippen LogP contribution >= 0.6 is 11.3 Å². The number of nitrogens with zero attached hydrogens (tertiary/aromatic N) is 3. The highest BCUT2D eigenvalue weighted by Gasteiger charge is 2.19. The van der Waals surface area contributed by atoms with Crippen LogP contribution in [-0.4, -0.2) is 26.2 Å². The van der Waals surface area contributed by atoms with E-state index >= 15 is 0 Å². The number of halogens is 1. The van der Waals surface area contributed by atoms with Crippen molar-refractivity contribution in [3.8, 4) is 22.8 Å². The van der Waals surface area contributed by atoms with Crippen LogP contribution in [0, 0.1) is 15.9 Å². The Balaban J connectivity index is 1.50. The van der Waals surface area contributed by atoms with Gasteiger partial charge in [-0.15, -0.1) is 0 Å². The zero-order chi connectivity index (χ0) is 24.1. The standard InChI is InChI=1S/C24H20FN3O5S/c25-22-8-5-18(28(31)32)13-21(22)17-2-6-20(7-3-17)33-14-19(27-23(29)15-34-24(27)30)4-1-16-9-11-26-12-10-16/h2-3,5-13,15,19,29H,1,4,14H2. The largest absolute Gasteiger partial charge is 0.494 e. The number of thiazole rings is 1. The van der Waals surface area contributed by atoms with E-state index in [0.29, 0.717) is 24.2 Å². The smallest absolute Gasteiger partial charge is 0.310 e. The van der Waals surface area contributed by atoms with Crippen molar-refractivity contribution in [1.82, 2.24) is 9.55 Å². The molecule has 34 heavy (non-hydrogen) atoms. The predicted molar refractivity (Wildman–Crippen MR) is 126 cm³/mol. The highest BCUT2D eigenvalue weighted by atomic mass is 32.1. The molecule has 2 aromatic heterocycles. The first-order chi connectivity index (χ1) is 16.4. The molecule has 8 nitrogen and oxygen atoms in total. The van der Waals surface area contributed by atoms with Crippen molar-refractivity contribution in [2.24, 2.45) is 0 Å². The van der Waals surface area contributed by atoms with E-state index in [4.69, 9.17) is 4.74 Å². The SMILES string of the molecule is O=c1scc(O)n1C(CCc1ccncc1)COc1ccc(-c2cc([N+](=O)[O-])ccc2F)cc1. The van der Waals surface area contributed by atoms with Crippen LogP contribution in [0.3, 0.4) is 0 Å². The Morgan fingerprint density at radius 1 is 1.15 bits per heavy atom. The molecule has 0 aliphatic heterocycles. The van der Waals surface area contributed by atoms with Gasteiger partial charge in [-0.1, -0.05) is 23.5 Å². The average Bonchev–Trinajstić information content (AvgIpc) is 3.18. The number of rotatable bonds is 9. The van der Waals surface area contributed by atoms with Crippen LogP contribution < -0.4 is 9.61 Å². The molecule has 2 aromatic carbocycles. The van der Waals surface area contributed by atoms with Crippen molar-refractivity contribution >= 4 is 17.0 Å². The van der Waals surface area contributed by atoms with Gasteiger partial charge in [-0.2, -0.15) is 0 Å². The van der Waals surface area contributed by atoms with E-state index < -0.39 is 16.8 Å². The summed E-state index contributed by atoms with van der Waals surface area (Å²) in [6, 6.07) is 13.2. The Morgan fingerprint density at radius 3 is 2.53 bits per heavy atom. The van der Waals surface area contributed by atoms with Gasteiger partial charge in [0.25, 0.3) is 5.69 Å². The minimum Gasteiger partial charge on any atom is -0.494 e. The van der Waals surface area contributed by atoms with Crippen LogP contribution in [0.5, 0.6) is 11.6 Å². The predicted octanol–water partition coefficient (Wildman–Crippen LogP) is 4.98. The quantitative estimate of drug-likeness (QED) is 0.267. The Morgan fingerprint density at radius 2 is 1.88 bits per heavy atom. The fourth-order valence-corrected chi connectivity index (χ4v) is 4.26. The number of hydrogen-bond acceptors (Lipinski definition) is 7. The van der Waals surface area contributed by atoms with Gasteiger partial charge in [0.1, 0.15) is 18.2 Å². The van der Waals surface area contributed by atoms with Gasteiger partial charge in [-0.25, -0.2) is 4.39 Å². The Labute approximate surface area is 197 Å². The number of non-ortho nitro benzene ring substituents is 1. The number of hydrogen-bond donors (Lipinski definition) is 1. The highest BCUT2D eigenvalue weighted by molar-refractivity contribution is 7.07. The van der Waals surface area contributed by atoms with Crippen LogP contribution in [0.15, 0.2) is 77.2 Å². The third kappa shape index (κ3) is 5.29. The molecule has 1 unspecified atom stereocenters. The summed E-state index contributed by atoms with van der Waals surface area (Å²) in [7, 11) is 0. The molecule has 4 aromatic rings. The number of aryl methyl sites for hydroxylation is 1. The summed E-state index contributed by atoms with van der Waals surface area (Å²) >= 11 is 0.915. The third-order valence-electron chi connectivity index (χ3n) is 5.36. The van der Waals surface area contributed by atoms with Crippen molar-refractivity contribution in [2.75, 3.05) is 6.61 Å². The van der Waals surface area contributed by atoms with Gasteiger partial charge in [0, 0.05) is 30.1 Å². The molecule has 174 valence electrons. The summed E-state index contributed by atoms with van der Waals surface area (Å²) in [5, 5.41) is 22.6. The molecule has 2 heterocycles. The molecule has 1 atom stereocenters. The number of aromatic hydroxyl groups is 1. The lowest BCUT2D eigenvalue weighted by molar-refractivity contribution is -0.384. The molecule has 0 aliphatic rings. The van der Waals surface area contributed by atoms with Crippen molar-refractivity contribution in [1.29, 1.82) is 0 Å². The maximum atomic E-state index is 14.2. The number of nitro benzene ring substituents is 1. The second-order valence-electron chi connectivity index (χ2n) is 7.53. The van der Waals surface area contributed by atoms with E-state index in [2.05, 4.69) is 4.98 Å². The molecule has 0 spiro atoms. The summed E-state index contributed by atoms with van der Waals surface area (Å²) in [6.45, 7) is 0.125. The van der Waals surface area contributed by atoms with Gasteiger partial charge >= 0.3 is 4.87 Å². The van der Waals surface area contributed by atoms with Gasteiger partial charge in [0.05, 0.1) is 16.3 Å². The van der Waals surface area contributed by atoms with Crippen molar-refractivity contribution in [3.05, 3.63) is 104 Å². The van der Waals surface area contributed by atoms with Crippen LogP contribution in [0.25, 0.3) is 11.1 Å². The first-order valence-electron chi connectivity index (χ1n) is 10.4. The third-order valence-corrected chi connectivity index (χ3v) is 6.08. The zero-order valence-corrected chi connectivity index (χ0v) is 18.7. The number of pyridine rings is 1. The maximum Gasteiger partial charge on any atom is 0.310 e. The molecule has 0 amide bonds. The number of ether oxygens (including phenoxy) is 1. The average molecular weight is 482 g/mol. The zero-order valence-electron chi connectivity index (χ0n) is 17.8. The summed E-state index contributed by atoms with van der Waals surface area (Å²) in [5.74, 6) is -0.205. The van der Waals surface area contributed by atoms with Gasteiger partial charge in [0.2, 0.25) is 5.88 Å². The lowest BCUT2D eigenvalue weighted by Crippen LogP contribution is -2.25. The van der Waals surface area contributed by atoms with Gasteiger partial charge in [0.15, 0.2) is 0 Å². The normalized spacial score (nSPS) is 11.8. The van der Waals surface area contributed by atoms with Crippen molar-refractivity contribution < 1.29 is 19.2 Å². The first-order valence-corrected chi connectivity index (χ1v) is 11.3. The molecule has 10 heteroatoms. The highest BCUT2D eigenvalue weighted by Crippen LogP contribution is 2.29. The van der Waals surface area contributed by atoms with Gasteiger partial charge < -0.3 is 9.84 Å². The van der Waals surface area contributed by atoms with Crippen LogP contribution in [-0.2, 0) is 6.42 Å². The minimum absolute atomic E-state index is 0.116. The van der Waals surface area contributed by atoms with Crippen LogP contribution in [0.2, 0.25) is 0 Å². The Kier molecular flexibility index (Phi) is 6.98.